The summed E-state index contributed by atoms with van der Waals surface area (Å²) in [4.78, 5) is 25.3. The molecule has 4 heteroatoms. The molecule has 1 aliphatic rings. The number of benzene rings is 1. The van der Waals surface area contributed by atoms with Gasteiger partial charge in [-0.25, -0.2) is 0 Å². The number of hydrogen-bond donors (Lipinski definition) is 1. The normalized spacial score (nSPS) is 15.4. The standard InChI is InChI=1S/C17H24N2O2/c1-17(2,3)16(21)18-11-13-6-8-14(9-7-13)12-19-10-4-5-15(19)20/h6-9H,4-5,10-12H2,1-3H3,(H,18,21). The van der Waals surface area contributed by atoms with Gasteiger partial charge in [-0.3, -0.25) is 9.59 Å². The Labute approximate surface area is 126 Å². The van der Waals surface area contributed by atoms with Crippen LogP contribution in [0.15, 0.2) is 24.3 Å². The third-order valence-electron chi connectivity index (χ3n) is 3.70. The molecule has 0 spiro atoms. The minimum atomic E-state index is -0.365. The number of rotatable bonds is 4. The van der Waals surface area contributed by atoms with E-state index in [2.05, 4.69) is 5.32 Å². The number of likely N-dealkylation sites (tertiary alicyclic amines) is 1. The summed E-state index contributed by atoms with van der Waals surface area (Å²) in [5.74, 6) is 0.297. The Hall–Kier alpha value is -1.84. The maximum Gasteiger partial charge on any atom is 0.225 e. The van der Waals surface area contributed by atoms with Crippen LogP contribution >= 0.6 is 0 Å². The van der Waals surface area contributed by atoms with Gasteiger partial charge < -0.3 is 10.2 Å². The largest absolute Gasteiger partial charge is 0.352 e. The number of hydrogen-bond acceptors (Lipinski definition) is 2. The van der Waals surface area contributed by atoms with Crippen LogP contribution in [0, 0.1) is 5.41 Å². The summed E-state index contributed by atoms with van der Waals surface area (Å²) < 4.78 is 0. The van der Waals surface area contributed by atoms with Crippen LogP contribution in [-0.2, 0) is 22.7 Å². The fourth-order valence-corrected chi connectivity index (χ4v) is 2.30. The van der Waals surface area contributed by atoms with Crippen LogP contribution in [0.2, 0.25) is 0 Å². The zero-order valence-electron chi connectivity index (χ0n) is 13.1. The molecule has 1 aromatic rings. The highest BCUT2D eigenvalue weighted by Gasteiger charge is 2.21. The highest BCUT2D eigenvalue weighted by Crippen LogP contribution is 2.15. The lowest BCUT2D eigenvalue weighted by Gasteiger charge is -2.18. The van der Waals surface area contributed by atoms with Gasteiger partial charge in [0, 0.05) is 31.5 Å². The molecule has 114 valence electrons. The van der Waals surface area contributed by atoms with Gasteiger partial charge in [-0.15, -0.1) is 0 Å². The Morgan fingerprint density at radius 2 is 1.81 bits per heavy atom. The van der Waals surface area contributed by atoms with E-state index in [0.717, 1.165) is 24.1 Å². The average Bonchev–Trinajstić information content (AvgIpc) is 2.82. The van der Waals surface area contributed by atoms with Gasteiger partial charge in [0.25, 0.3) is 0 Å². The summed E-state index contributed by atoms with van der Waals surface area (Å²) in [6.07, 6.45) is 1.65. The van der Waals surface area contributed by atoms with E-state index >= 15 is 0 Å². The van der Waals surface area contributed by atoms with E-state index in [1.807, 2.05) is 49.9 Å². The van der Waals surface area contributed by atoms with Crippen LogP contribution < -0.4 is 5.32 Å². The molecule has 1 aliphatic heterocycles. The van der Waals surface area contributed by atoms with Crippen molar-refractivity contribution in [2.75, 3.05) is 6.54 Å². The van der Waals surface area contributed by atoms with Gasteiger partial charge in [0.2, 0.25) is 11.8 Å². The smallest absolute Gasteiger partial charge is 0.225 e. The third-order valence-corrected chi connectivity index (χ3v) is 3.70. The number of amides is 2. The Kier molecular flexibility index (Phi) is 4.66. The van der Waals surface area contributed by atoms with E-state index in [1.54, 1.807) is 0 Å². The molecule has 1 aromatic carbocycles. The van der Waals surface area contributed by atoms with Crippen molar-refractivity contribution < 1.29 is 9.59 Å². The summed E-state index contributed by atoms with van der Waals surface area (Å²) in [5.41, 5.74) is 1.84. The molecule has 4 nitrogen and oxygen atoms in total. The lowest BCUT2D eigenvalue weighted by Crippen LogP contribution is -2.34. The van der Waals surface area contributed by atoms with Crippen molar-refractivity contribution in [3.63, 3.8) is 0 Å². The molecule has 1 heterocycles. The fraction of sp³-hybridized carbons (Fsp3) is 0.529. The molecule has 1 saturated heterocycles. The summed E-state index contributed by atoms with van der Waals surface area (Å²) in [6, 6.07) is 8.09. The molecule has 0 bridgehead atoms. The Morgan fingerprint density at radius 3 is 2.33 bits per heavy atom. The summed E-state index contributed by atoms with van der Waals surface area (Å²) in [6.45, 7) is 7.80. The van der Waals surface area contributed by atoms with E-state index in [0.29, 0.717) is 19.5 Å². The Bertz CT molecular complexity index is 515. The number of carbonyl (C=O) groups excluding carboxylic acids is 2. The minimum Gasteiger partial charge on any atom is -0.352 e. The molecule has 0 unspecified atom stereocenters. The SMILES string of the molecule is CC(C)(C)C(=O)NCc1ccc(CN2CCCC2=O)cc1. The van der Waals surface area contributed by atoms with E-state index in [4.69, 9.17) is 0 Å². The van der Waals surface area contributed by atoms with Gasteiger partial charge in [-0.1, -0.05) is 45.0 Å². The van der Waals surface area contributed by atoms with Crippen LogP contribution in [0.4, 0.5) is 0 Å². The number of nitrogens with one attached hydrogen (secondary N) is 1. The maximum absolute atomic E-state index is 11.8. The first-order valence-electron chi connectivity index (χ1n) is 7.50. The van der Waals surface area contributed by atoms with E-state index in [9.17, 15) is 9.59 Å². The first kappa shape index (κ1) is 15.5. The van der Waals surface area contributed by atoms with Crippen LogP contribution in [0.25, 0.3) is 0 Å². The second-order valence-electron chi connectivity index (χ2n) is 6.67. The van der Waals surface area contributed by atoms with Gasteiger partial charge in [0.1, 0.15) is 0 Å². The molecule has 0 aliphatic carbocycles. The first-order valence-corrected chi connectivity index (χ1v) is 7.50. The quantitative estimate of drug-likeness (QED) is 0.925. The topological polar surface area (TPSA) is 49.4 Å². The monoisotopic (exact) mass is 288 g/mol. The molecule has 1 fully saturated rings. The lowest BCUT2D eigenvalue weighted by molar-refractivity contribution is -0.129. The molecular formula is C17H24N2O2. The molecule has 2 rings (SSSR count). The second kappa shape index (κ2) is 6.29. The van der Waals surface area contributed by atoms with Gasteiger partial charge in [0.15, 0.2) is 0 Å². The molecule has 0 atom stereocenters. The van der Waals surface area contributed by atoms with Crippen molar-refractivity contribution in [1.29, 1.82) is 0 Å². The van der Waals surface area contributed by atoms with Crippen molar-refractivity contribution in [3.05, 3.63) is 35.4 Å². The third kappa shape index (κ3) is 4.31. The van der Waals surface area contributed by atoms with E-state index in [-0.39, 0.29) is 17.2 Å². The minimum absolute atomic E-state index is 0.0502. The van der Waals surface area contributed by atoms with Gasteiger partial charge in [0.05, 0.1) is 0 Å². The van der Waals surface area contributed by atoms with Crippen molar-refractivity contribution in [2.45, 2.75) is 46.7 Å². The molecule has 0 aromatic heterocycles. The van der Waals surface area contributed by atoms with Crippen molar-refractivity contribution >= 4 is 11.8 Å². The van der Waals surface area contributed by atoms with E-state index in [1.165, 1.54) is 0 Å². The molecule has 0 radical (unpaired) electrons. The maximum atomic E-state index is 11.8. The molecule has 21 heavy (non-hydrogen) atoms. The van der Waals surface area contributed by atoms with Gasteiger partial charge in [-0.2, -0.15) is 0 Å². The zero-order valence-corrected chi connectivity index (χ0v) is 13.1. The molecule has 1 N–H and O–H groups in total. The van der Waals surface area contributed by atoms with Crippen molar-refractivity contribution in [1.82, 2.24) is 10.2 Å². The van der Waals surface area contributed by atoms with Crippen LogP contribution in [0.1, 0.15) is 44.7 Å². The zero-order chi connectivity index (χ0) is 15.5. The van der Waals surface area contributed by atoms with Crippen molar-refractivity contribution in [3.8, 4) is 0 Å². The van der Waals surface area contributed by atoms with Gasteiger partial charge in [-0.05, 0) is 17.5 Å². The first-order chi connectivity index (χ1) is 9.86. The van der Waals surface area contributed by atoms with Gasteiger partial charge >= 0.3 is 0 Å². The molecule has 0 saturated carbocycles. The second-order valence-corrected chi connectivity index (χ2v) is 6.67. The average molecular weight is 288 g/mol. The lowest BCUT2D eigenvalue weighted by atomic mass is 9.95. The van der Waals surface area contributed by atoms with Crippen LogP contribution in [-0.4, -0.2) is 23.3 Å². The van der Waals surface area contributed by atoms with Crippen LogP contribution in [0.5, 0.6) is 0 Å². The Balaban J connectivity index is 1.87. The summed E-state index contributed by atoms with van der Waals surface area (Å²) >= 11 is 0. The Morgan fingerprint density at radius 1 is 1.19 bits per heavy atom. The van der Waals surface area contributed by atoms with Crippen LogP contribution in [0.3, 0.4) is 0 Å². The molecular weight excluding hydrogens is 264 g/mol. The highest BCUT2D eigenvalue weighted by atomic mass is 16.2. The summed E-state index contributed by atoms with van der Waals surface area (Å²) in [5, 5.41) is 2.94. The predicted molar refractivity (Wildman–Crippen MR) is 82.4 cm³/mol. The van der Waals surface area contributed by atoms with Crippen molar-refractivity contribution in [2.24, 2.45) is 5.41 Å². The fourth-order valence-electron chi connectivity index (χ4n) is 2.30. The molecule has 2 amide bonds. The number of nitrogens with zero attached hydrogens (tertiary/aromatic N) is 1. The highest BCUT2D eigenvalue weighted by molar-refractivity contribution is 5.81. The number of carbonyl (C=O) groups is 2. The summed E-state index contributed by atoms with van der Waals surface area (Å²) in [7, 11) is 0. The van der Waals surface area contributed by atoms with E-state index < -0.39 is 0 Å². The predicted octanol–water partition coefficient (Wildman–Crippen LogP) is 2.47.